The van der Waals surface area contributed by atoms with Crippen LogP contribution < -0.4 is 21.8 Å². The second kappa shape index (κ2) is 10.1. The van der Waals surface area contributed by atoms with E-state index in [1.165, 1.54) is 0 Å². The van der Waals surface area contributed by atoms with Gasteiger partial charge in [-0.05, 0) is 47.6 Å². The minimum absolute atomic E-state index is 0.348. The van der Waals surface area contributed by atoms with E-state index in [9.17, 15) is 0 Å². The minimum Gasteiger partial charge on any atom is -0.489 e. The molecule has 1 aliphatic heterocycles. The van der Waals surface area contributed by atoms with Crippen LogP contribution >= 0.6 is 11.8 Å². The fraction of sp³-hybridized carbons (Fsp3) is 0.240. The SMILES string of the molecule is N/N=C(\NN)c1cnn2c(C3CCSCC3)c(-c3ccc(OCc4ccccc4)cc3)cnc12. The lowest BCUT2D eigenvalue weighted by Gasteiger charge is -2.24. The predicted molar refractivity (Wildman–Crippen MR) is 137 cm³/mol. The molecule has 2 aromatic carbocycles. The maximum atomic E-state index is 5.97. The number of hydrazine groups is 1. The van der Waals surface area contributed by atoms with E-state index in [-0.39, 0.29) is 0 Å². The van der Waals surface area contributed by atoms with E-state index in [4.69, 9.17) is 21.4 Å². The molecule has 0 amide bonds. The fourth-order valence-corrected chi connectivity index (χ4v) is 5.46. The highest BCUT2D eigenvalue weighted by molar-refractivity contribution is 7.99. The summed E-state index contributed by atoms with van der Waals surface area (Å²) in [5.74, 6) is 14.9. The van der Waals surface area contributed by atoms with Gasteiger partial charge in [-0.2, -0.15) is 22.0 Å². The van der Waals surface area contributed by atoms with Crippen molar-refractivity contribution in [3.63, 3.8) is 0 Å². The smallest absolute Gasteiger partial charge is 0.172 e. The summed E-state index contributed by atoms with van der Waals surface area (Å²) in [4.78, 5) is 4.72. The molecule has 0 saturated carbocycles. The molecule has 4 aromatic rings. The van der Waals surface area contributed by atoms with E-state index in [2.05, 4.69) is 39.9 Å². The van der Waals surface area contributed by atoms with Gasteiger partial charge in [0, 0.05) is 17.7 Å². The van der Waals surface area contributed by atoms with Gasteiger partial charge >= 0.3 is 0 Å². The normalized spacial score (nSPS) is 14.9. The Hall–Kier alpha value is -3.56. The van der Waals surface area contributed by atoms with Gasteiger partial charge in [-0.25, -0.2) is 15.3 Å². The monoisotopic (exact) mass is 473 g/mol. The second-order valence-electron chi connectivity index (χ2n) is 8.16. The molecule has 2 aromatic heterocycles. The minimum atomic E-state index is 0.348. The number of hydrazone groups is 1. The van der Waals surface area contributed by atoms with Gasteiger partial charge in [-0.1, -0.05) is 42.5 Å². The molecular formula is C25H27N7OS. The first-order valence-corrected chi connectivity index (χ1v) is 12.4. The van der Waals surface area contributed by atoms with Crippen molar-refractivity contribution in [1.82, 2.24) is 20.0 Å². The highest BCUT2D eigenvalue weighted by Gasteiger charge is 2.25. The molecule has 8 nitrogen and oxygen atoms in total. The van der Waals surface area contributed by atoms with Gasteiger partial charge in [0.2, 0.25) is 0 Å². The number of nitrogens with one attached hydrogen (secondary N) is 1. The summed E-state index contributed by atoms with van der Waals surface area (Å²) in [5.41, 5.74) is 8.34. The topological polar surface area (TPSA) is 116 Å². The van der Waals surface area contributed by atoms with Gasteiger partial charge in [0.15, 0.2) is 11.5 Å². The molecule has 0 spiro atoms. The largest absolute Gasteiger partial charge is 0.489 e. The van der Waals surface area contributed by atoms with Gasteiger partial charge in [-0.15, -0.1) is 0 Å². The summed E-state index contributed by atoms with van der Waals surface area (Å²) < 4.78 is 7.90. The maximum Gasteiger partial charge on any atom is 0.172 e. The van der Waals surface area contributed by atoms with Crippen molar-refractivity contribution < 1.29 is 4.74 Å². The Balaban J connectivity index is 1.50. The zero-order chi connectivity index (χ0) is 23.3. The van der Waals surface area contributed by atoms with Gasteiger partial charge in [0.25, 0.3) is 0 Å². The summed E-state index contributed by atoms with van der Waals surface area (Å²) in [6.45, 7) is 0.537. The average molecular weight is 474 g/mol. The third-order valence-electron chi connectivity index (χ3n) is 6.11. The summed E-state index contributed by atoms with van der Waals surface area (Å²) >= 11 is 2.00. The number of amidine groups is 1. The molecule has 0 bridgehead atoms. The molecular weight excluding hydrogens is 446 g/mol. The molecule has 1 saturated heterocycles. The van der Waals surface area contributed by atoms with Crippen LogP contribution in [-0.2, 0) is 6.61 Å². The maximum absolute atomic E-state index is 5.97. The molecule has 1 fully saturated rings. The van der Waals surface area contributed by atoms with Crippen LogP contribution in [0.5, 0.6) is 5.75 Å². The molecule has 174 valence electrons. The van der Waals surface area contributed by atoms with Crippen molar-refractivity contribution in [3.05, 3.63) is 83.8 Å². The molecule has 5 N–H and O–H groups in total. The third-order valence-corrected chi connectivity index (χ3v) is 7.16. The predicted octanol–water partition coefficient (Wildman–Crippen LogP) is 3.67. The Labute approximate surface area is 202 Å². The Kier molecular flexibility index (Phi) is 6.64. The van der Waals surface area contributed by atoms with E-state index in [1.54, 1.807) is 6.20 Å². The lowest BCUT2D eigenvalue weighted by Crippen LogP contribution is -2.32. The fourth-order valence-electron chi connectivity index (χ4n) is 4.36. The molecule has 0 atom stereocenters. The summed E-state index contributed by atoms with van der Waals surface area (Å²) in [5, 5.41) is 8.41. The quantitative estimate of drug-likeness (QED) is 0.169. The Morgan fingerprint density at radius 3 is 2.56 bits per heavy atom. The highest BCUT2D eigenvalue weighted by Crippen LogP contribution is 2.38. The third kappa shape index (κ3) is 4.44. The molecule has 0 unspecified atom stereocenters. The lowest BCUT2D eigenvalue weighted by atomic mass is 9.92. The number of benzene rings is 2. The van der Waals surface area contributed by atoms with Crippen molar-refractivity contribution in [2.45, 2.75) is 25.4 Å². The van der Waals surface area contributed by atoms with E-state index in [0.717, 1.165) is 52.5 Å². The number of aromatic nitrogens is 3. The van der Waals surface area contributed by atoms with Crippen LogP contribution in [0, 0.1) is 0 Å². The van der Waals surface area contributed by atoms with Crippen LogP contribution in [0.2, 0.25) is 0 Å². The number of nitrogens with zero attached hydrogens (tertiary/aromatic N) is 4. The first-order chi connectivity index (χ1) is 16.8. The van der Waals surface area contributed by atoms with Crippen LogP contribution in [0.25, 0.3) is 16.8 Å². The number of hydrogen-bond acceptors (Lipinski definition) is 7. The van der Waals surface area contributed by atoms with Gasteiger partial charge < -0.3 is 16.0 Å². The van der Waals surface area contributed by atoms with Crippen molar-refractivity contribution in [3.8, 4) is 16.9 Å². The molecule has 3 heterocycles. The zero-order valence-corrected chi connectivity index (χ0v) is 19.5. The Bertz CT molecular complexity index is 1280. The standard InChI is InChI=1S/C25H27N7OS/c26-30-24(31-27)22-15-29-32-23(19-10-12-34-13-11-19)21(14-28-25(22)32)18-6-8-20(9-7-18)33-16-17-4-2-1-3-5-17/h1-9,14-15,19H,10-13,16,26-27H2,(H,30,31). The number of rotatable bonds is 6. The summed E-state index contributed by atoms with van der Waals surface area (Å²) in [7, 11) is 0. The van der Waals surface area contributed by atoms with Crippen LogP contribution in [0.15, 0.2) is 72.1 Å². The number of ether oxygens (including phenoxy) is 1. The zero-order valence-electron chi connectivity index (χ0n) is 18.7. The van der Waals surface area contributed by atoms with E-state index in [0.29, 0.717) is 29.6 Å². The Morgan fingerprint density at radius 2 is 1.85 bits per heavy atom. The second-order valence-corrected chi connectivity index (χ2v) is 9.38. The van der Waals surface area contributed by atoms with E-state index < -0.39 is 0 Å². The molecule has 0 aliphatic carbocycles. The van der Waals surface area contributed by atoms with Crippen molar-refractivity contribution >= 4 is 23.2 Å². The number of nitrogens with two attached hydrogens (primary N) is 2. The summed E-state index contributed by atoms with van der Waals surface area (Å²) in [6, 6.07) is 18.3. The first-order valence-electron chi connectivity index (χ1n) is 11.2. The van der Waals surface area contributed by atoms with Gasteiger partial charge in [0.1, 0.15) is 12.4 Å². The highest BCUT2D eigenvalue weighted by atomic mass is 32.2. The van der Waals surface area contributed by atoms with Crippen molar-refractivity contribution in [2.24, 2.45) is 16.8 Å². The number of thioether (sulfide) groups is 1. The molecule has 0 radical (unpaired) electrons. The van der Waals surface area contributed by atoms with E-state index >= 15 is 0 Å². The number of hydrogen-bond donors (Lipinski definition) is 3. The van der Waals surface area contributed by atoms with E-state index in [1.807, 2.05) is 52.8 Å². The van der Waals surface area contributed by atoms with Crippen LogP contribution in [0.3, 0.4) is 0 Å². The van der Waals surface area contributed by atoms with Gasteiger partial charge in [-0.3, -0.25) is 0 Å². The molecule has 1 aliphatic rings. The van der Waals surface area contributed by atoms with Crippen molar-refractivity contribution in [2.75, 3.05) is 11.5 Å². The van der Waals surface area contributed by atoms with Crippen LogP contribution in [-0.4, -0.2) is 31.9 Å². The van der Waals surface area contributed by atoms with Crippen LogP contribution in [0.4, 0.5) is 0 Å². The summed E-state index contributed by atoms with van der Waals surface area (Å²) in [6.07, 6.45) is 5.82. The van der Waals surface area contributed by atoms with Gasteiger partial charge in [0.05, 0.1) is 17.5 Å². The lowest BCUT2D eigenvalue weighted by molar-refractivity contribution is 0.306. The number of fused-ring (bicyclic) bond motifs is 1. The average Bonchev–Trinajstić information content (AvgIpc) is 3.33. The Morgan fingerprint density at radius 1 is 1.09 bits per heavy atom. The molecule has 5 rings (SSSR count). The molecule has 34 heavy (non-hydrogen) atoms. The van der Waals surface area contributed by atoms with Crippen LogP contribution in [0.1, 0.15) is 35.6 Å². The first kappa shape index (κ1) is 22.2. The van der Waals surface area contributed by atoms with Crippen molar-refractivity contribution in [1.29, 1.82) is 0 Å². The molecule has 9 heteroatoms.